The van der Waals surface area contributed by atoms with Crippen LogP contribution in [-0.4, -0.2) is 30.6 Å². The minimum Gasteiger partial charge on any atom is -0.462 e. The lowest BCUT2D eigenvalue weighted by Crippen LogP contribution is -2.33. The monoisotopic (exact) mass is 251 g/mol. The summed E-state index contributed by atoms with van der Waals surface area (Å²) in [5, 5.41) is 1.98. The van der Waals surface area contributed by atoms with E-state index in [1.807, 2.05) is 12.3 Å². The van der Waals surface area contributed by atoms with Gasteiger partial charge in [-0.25, -0.2) is 4.79 Å². The van der Waals surface area contributed by atoms with Crippen molar-refractivity contribution in [3.63, 3.8) is 0 Å². The van der Waals surface area contributed by atoms with Crippen molar-refractivity contribution < 1.29 is 9.53 Å². The van der Waals surface area contributed by atoms with E-state index in [-0.39, 0.29) is 5.97 Å². The average Bonchev–Trinajstić information content (AvgIpc) is 2.81. The molecule has 3 heterocycles. The predicted molar refractivity (Wildman–Crippen MR) is 67.5 cm³/mol. The first-order chi connectivity index (χ1) is 8.22. The molecule has 2 bridgehead atoms. The van der Waals surface area contributed by atoms with Gasteiger partial charge in [0.15, 0.2) is 0 Å². The van der Waals surface area contributed by atoms with Crippen molar-refractivity contribution in [2.24, 2.45) is 0 Å². The Morgan fingerprint density at radius 1 is 1.59 bits per heavy atom. The normalized spacial score (nSPS) is 26.9. The fourth-order valence-electron chi connectivity index (χ4n) is 3.08. The van der Waals surface area contributed by atoms with Crippen molar-refractivity contribution in [3.8, 4) is 0 Å². The number of hydrogen-bond acceptors (Lipinski definition) is 4. The minimum atomic E-state index is -0.144. The van der Waals surface area contributed by atoms with Crippen LogP contribution in [0.15, 0.2) is 5.38 Å². The number of ether oxygens (including phenoxy) is 1. The Kier molecular flexibility index (Phi) is 2.71. The maximum atomic E-state index is 11.9. The molecule has 1 saturated heterocycles. The summed E-state index contributed by atoms with van der Waals surface area (Å²) >= 11 is 1.73. The molecule has 2 unspecified atom stereocenters. The van der Waals surface area contributed by atoms with Crippen molar-refractivity contribution in [1.82, 2.24) is 4.90 Å². The third-order valence-electron chi connectivity index (χ3n) is 4.00. The van der Waals surface area contributed by atoms with Crippen LogP contribution in [0.2, 0.25) is 0 Å². The van der Waals surface area contributed by atoms with Gasteiger partial charge in [0, 0.05) is 22.3 Å². The van der Waals surface area contributed by atoms with E-state index in [4.69, 9.17) is 4.74 Å². The number of likely N-dealkylation sites (N-methyl/N-ethyl adjacent to an activating group) is 1. The van der Waals surface area contributed by atoms with Crippen molar-refractivity contribution in [1.29, 1.82) is 0 Å². The van der Waals surface area contributed by atoms with Gasteiger partial charge < -0.3 is 4.74 Å². The SMILES string of the molecule is CCOC(=O)c1csc2c1CC1CCC2N1C. The van der Waals surface area contributed by atoms with Gasteiger partial charge >= 0.3 is 5.97 Å². The minimum absolute atomic E-state index is 0.144. The van der Waals surface area contributed by atoms with Gasteiger partial charge in [-0.05, 0) is 38.8 Å². The van der Waals surface area contributed by atoms with Crippen LogP contribution < -0.4 is 0 Å². The van der Waals surface area contributed by atoms with Crippen LogP contribution in [0.25, 0.3) is 0 Å². The number of thiophene rings is 1. The highest BCUT2D eigenvalue weighted by Crippen LogP contribution is 2.46. The standard InChI is InChI=1S/C13H17NO2S/c1-3-16-13(15)10-7-17-12-9(10)6-8-4-5-11(12)14(8)2/h7-8,11H,3-6H2,1-2H3. The lowest BCUT2D eigenvalue weighted by atomic mass is 9.98. The van der Waals surface area contributed by atoms with Crippen molar-refractivity contribution in [2.75, 3.05) is 13.7 Å². The third kappa shape index (κ3) is 1.62. The summed E-state index contributed by atoms with van der Waals surface area (Å²) in [6, 6.07) is 1.16. The van der Waals surface area contributed by atoms with Gasteiger partial charge in [0.05, 0.1) is 12.2 Å². The molecule has 0 aliphatic carbocycles. The number of carbonyl (C=O) groups is 1. The highest BCUT2D eigenvalue weighted by Gasteiger charge is 2.40. The average molecular weight is 251 g/mol. The lowest BCUT2D eigenvalue weighted by molar-refractivity contribution is 0.0524. The lowest BCUT2D eigenvalue weighted by Gasteiger charge is -2.31. The van der Waals surface area contributed by atoms with Crippen molar-refractivity contribution in [2.45, 2.75) is 38.3 Å². The highest BCUT2D eigenvalue weighted by molar-refractivity contribution is 7.10. The molecule has 1 aromatic heterocycles. The number of hydrogen-bond donors (Lipinski definition) is 0. The molecule has 0 spiro atoms. The summed E-state index contributed by atoms with van der Waals surface area (Å²) < 4.78 is 5.12. The van der Waals surface area contributed by atoms with E-state index in [0.717, 1.165) is 12.0 Å². The highest BCUT2D eigenvalue weighted by atomic mass is 32.1. The summed E-state index contributed by atoms with van der Waals surface area (Å²) in [5.41, 5.74) is 2.08. The second kappa shape index (κ2) is 4.10. The quantitative estimate of drug-likeness (QED) is 0.757. The molecule has 3 nitrogen and oxygen atoms in total. The molecule has 0 aromatic carbocycles. The zero-order valence-electron chi connectivity index (χ0n) is 10.2. The van der Waals surface area contributed by atoms with Gasteiger partial charge in [-0.1, -0.05) is 0 Å². The Bertz CT molecular complexity index is 454. The van der Waals surface area contributed by atoms with E-state index in [0.29, 0.717) is 18.7 Å². The van der Waals surface area contributed by atoms with E-state index < -0.39 is 0 Å². The predicted octanol–water partition coefficient (Wildman–Crippen LogP) is 2.62. The Morgan fingerprint density at radius 2 is 2.41 bits per heavy atom. The van der Waals surface area contributed by atoms with Gasteiger partial charge in [-0.3, -0.25) is 4.90 Å². The van der Waals surface area contributed by atoms with Gasteiger partial charge in [0.25, 0.3) is 0 Å². The van der Waals surface area contributed by atoms with Crippen LogP contribution in [0.3, 0.4) is 0 Å². The molecular formula is C13H17NO2S. The first kappa shape index (κ1) is 11.2. The smallest absolute Gasteiger partial charge is 0.339 e. The Labute approximate surface area is 105 Å². The summed E-state index contributed by atoms with van der Waals surface area (Å²) in [7, 11) is 2.20. The molecule has 1 aromatic rings. The van der Waals surface area contributed by atoms with Gasteiger partial charge in [-0.15, -0.1) is 11.3 Å². The number of rotatable bonds is 2. The summed E-state index contributed by atoms with van der Waals surface area (Å²) in [4.78, 5) is 15.7. The summed E-state index contributed by atoms with van der Waals surface area (Å²) in [6.45, 7) is 2.31. The van der Waals surface area contributed by atoms with Crippen LogP contribution in [0, 0.1) is 0 Å². The molecule has 3 rings (SSSR count). The second-order valence-electron chi connectivity index (χ2n) is 4.83. The van der Waals surface area contributed by atoms with Crippen LogP contribution in [-0.2, 0) is 11.2 Å². The Balaban J connectivity index is 1.97. The largest absolute Gasteiger partial charge is 0.462 e. The second-order valence-corrected chi connectivity index (χ2v) is 5.74. The number of carbonyl (C=O) groups excluding carboxylic acids is 1. The van der Waals surface area contributed by atoms with Crippen LogP contribution in [0.4, 0.5) is 0 Å². The zero-order valence-corrected chi connectivity index (χ0v) is 11.0. The topological polar surface area (TPSA) is 29.5 Å². The maximum absolute atomic E-state index is 11.9. The molecule has 2 aliphatic heterocycles. The third-order valence-corrected chi connectivity index (χ3v) is 5.13. The van der Waals surface area contributed by atoms with Crippen LogP contribution in [0.5, 0.6) is 0 Å². The van der Waals surface area contributed by atoms with E-state index in [2.05, 4.69) is 11.9 Å². The van der Waals surface area contributed by atoms with E-state index in [1.165, 1.54) is 23.3 Å². The van der Waals surface area contributed by atoms with Crippen molar-refractivity contribution in [3.05, 3.63) is 21.4 Å². The molecule has 0 amide bonds. The fourth-order valence-corrected chi connectivity index (χ4v) is 4.34. The number of esters is 1. The molecule has 0 saturated carbocycles. The molecule has 92 valence electrons. The molecule has 0 radical (unpaired) electrons. The molecule has 2 aliphatic rings. The van der Waals surface area contributed by atoms with Crippen LogP contribution >= 0.6 is 11.3 Å². The number of nitrogens with zero attached hydrogens (tertiary/aromatic N) is 1. The Hall–Kier alpha value is -0.870. The van der Waals surface area contributed by atoms with E-state index >= 15 is 0 Å². The molecule has 1 fully saturated rings. The van der Waals surface area contributed by atoms with E-state index in [1.54, 1.807) is 11.3 Å². The van der Waals surface area contributed by atoms with Gasteiger partial charge in [0.2, 0.25) is 0 Å². The number of fused-ring (bicyclic) bond motifs is 4. The maximum Gasteiger partial charge on any atom is 0.339 e. The molecule has 0 N–H and O–H groups in total. The molecule has 17 heavy (non-hydrogen) atoms. The summed E-state index contributed by atoms with van der Waals surface area (Å²) in [6.07, 6.45) is 3.50. The first-order valence-corrected chi connectivity index (χ1v) is 7.09. The van der Waals surface area contributed by atoms with Crippen molar-refractivity contribution >= 4 is 17.3 Å². The molecule has 2 atom stereocenters. The molecule has 4 heteroatoms. The Morgan fingerprint density at radius 3 is 3.18 bits per heavy atom. The molecular weight excluding hydrogens is 234 g/mol. The van der Waals surface area contributed by atoms with Gasteiger partial charge in [0.1, 0.15) is 0 Å². The van der Waals surface area contributed by atoms with Gasteiger partial charge in [-0.2, -0.15) is 0 Å². The van der Waals surface area contributed by atoms with E-state index in [9.17, 15) is 4.79 Å². The zero-order chi connectivity index (χ0) is 12.0. The fraction of sp³-hybridized carbons (Fsp3) is 0.615. The first-order valence-electron chi connectivity index (χ1n) is 6.21. The summed E-state index contributed by atoms with van der Waals surface area (Å²) in [5.74, 6) is -0.144. The van der Waals surface area contributed by atoms with Crippen LogP contribution in [0.1, 0.15) is 46.6 Å².